The fraction of sp³-hybridized carbons (Fsp3) is 0.364. The normalized spacial score (nSPS) is 17.4. The summed E-state index contributed by atoms with van der Waals surface area (Å²) >= 11 is 0. The van der Waals surface area contributed by atoms with Crippen LogP contribution in [0.5, 0.6) is 11.6 Å². The Hall–Kier alpha value is -4.24. The van der Waals surface area contributed by atoms with Crippen LogP contribution in [0.2, 0.25) is 0 Å². The Bertz CT molecular complexity index is 1560. The quantitative estimate of drug-likeness (QED) is 0.233. The van der Waals surface area contributed by atoms with Crippen LogP contribution in [0.4, 0.5) is 21.7 Å². The van der Waals surface area contributed by atoms with Crippen molar-refractivity contribution in [1.29, 1.82) is 0 Å². The number of ether oxygens (including phenoxy) is 1. The number of rotatable bonds is 9. The van der Waals surface area contributed by atoms with Gasteiger partial charge in [-0.1, -0.05) is 31.2 Å². The van der Waals surface area contributed by atoms with Crippen molar-refractivity contribution in [3.05, 3.63) is 78.2 Å². The van der Waals surface area contributed by atoms with Crippen LogP contribution >= 0.6 is 0 Å². The van der Waals surface area contributed by atoms with Gasteiger partial charge in [-0.3, -0.25) is 9.69 Å². The molecule has 42 heavy (non-hydrogen) atoms. The maximum atomic E-state index is 14.5. The molecule has 9 heteroatoms. The van der Waals surface area contributed by atoms with Crippen molar-refractivity contribution in [2.45, 2.75) is 45.1 Å². The van der Waals surface area contributed by atoms with Crippen LogP contribution in [0.15, 0.2) is 66.9 Å². The van der Waals surface area contributed by atoms with Crippen molar-refractivity contribution >= 4 is 34.0 Å². The van der Waals surface area contributed by atoms with E-state index in [1.54, 1.807) is 24.4 Å². The SMILES string of the molecule is CCN1CCC[C@H]1CNc1nccc(Oc2ccc(NC(=O)c3cc(F)cc(N4CCCCC4)c3)c3ccccc23)n1. The van der Waals surface area contributed by atoms with E-state index in [2.05, 4.69) is 37.3 Å². The average Bonchev–Trinajstić information content (AvgIpc) is 3.49. The molecule has 0 radical (unpaired) electrons. The smallest absolute Gasteiger partial charge is 0.255 e. The highest BCUT2D eigenvalue weighted by molar-refractivity contribution is 6.10. The lowest BCUT2D eigenvalue weighted by Crippen LogP contribution is -2.34. The number of piperidine rings is 1. The summed E-state index contributed by atoms with van der Waals surface area (Å²) in [6, 6.07) is 18.1. The van der Waals surface area contributed by atoms with E-state index in [9.17, 15) is 9.18 Å². The molecule has 0 aliphatic carbocycles. The number of likely N-dealkylation sites (N-methyl/N-ethyl adjacent to an activating group) is 1. The molecule has 1 aromatic heterocycles. The lowest BCUT2D eigenvalue weighted by atomic mass is 10.1. The second kappa shape index (κ2) is 12.7. The second-order valence-electron chi connectivity index (χ2n) is 11.0. The van der Waals surface area contributed by atoms with E-state index >= 15 is 0 Å². The highest BCUT2D eigenvalue weighted by Gasteiger charge is 2.23. The summed E-state index contributed by atoms with van der Waals surface area (Å²) < 4.78 is 20.8. The standard InChI is InChI=1S/C33H37FN6O2/c1-2-39-18-8-9-25(39)22-36-33-35-15-14-31(38-33)42-30-13-12-29(27-10-4-5-11-28(27)30)37-32(41)23-19-24(34)21-26(20-23)40-16-6-3-7-17-40/h4-5,10-15,19-21,25H,2-3,6-9,16-18,22H2,1H3,(H,37,41)(H,35,36,38)/t25-/m0/s1. The van der Waals surface area contributed by atoms with E-state index in [0.29, 0.717) is 34.9 Å². The number of anilines is 3. The predicted molar refractivity (Wildman–Crippen MR) is 165 cm³/mol. The Balaban J connectivity index is 1.19. The van der Waals surface area contributed by atoms with Gasteiger partial charge in [-0.05, 0) is 75.5 Å². The van der Waals surface area contributed by atoms with Crippen LogP contribution in [0, 0.1) is 5.82 Å². The molecule has 218 valence electrons. The molecule has 6 rings (SSSR count). The first-order chi connectivity index (χ1) is 20.6. The van der Waals surface area contributed by atoms with Crippen LogP contribution in [-0.2, 0) is 0 Å². The number of fused-ring (bicyclic) bond motifs is 1. The van der Waals surface area contributed by atoms with Gasteiger partial charge in [0.15, 0.2) is 0 Å². The van der Waals surface area contributed by atoms with E-state index in [1.165, 1.54) is 31.4 Å². The van der Waals surface area contributed by atoms with E-state index in [-0.39, 0.29) is 5.91 Å². The van der Waals surface area contributed by atoms with Gasteiger partial charge in [0.25, 0.3) is 5.91 Å². The molecular weight excluding hydrogens is 531 g/mol. The molecule has 1 atom stereocenters. The number of nitrogens with one attached hydrogen (secondary N) is 2. The van der Waals surface area contributed by atoms with Gasteiger partial charge in [-0.2, -0.15) is 4.98 Å². The Labute approximate surface area is 245 Å². The van der Waals surface area contributed by atoms with Crippen molar-refractivity contribution in [2.24, 2.45) is 0 Å². The minimum absolute atomic E-state index is 0.292. The predicted octanol–water partition coefficient (Wildman–Crippen LogP) is 6.70. The molecule has 1 amide bonds. The third-order valence-electron chi connectivity index (χ3n) is 8.24. The van der Waals surface area contributed by atoms with Gasteiger partial charge in [-0.25, -0.2) is 9.37 Å². The van der Waals surface area contributed by atoms with Crippen LogP contribution in [-0.4, -0.2) is 59.5 Å². The second-order valence-corrected chi connectivity index (χ2v) is 11.0. The van der Waals surface area contributed by atoms with Crippen LogP contribution in [0.3, 0.4) is 0 Å². The van der Waals surface area contributed by atoms with E-state index in [0.717, 1.165) is 62.0 Å². The van der Waals surface area contributed by atoms with Gasteiger partial charge in [-0.15, -0.1) is 0 Å². The Morgan fingerprint density at radius 2 is 1.83 bits per heavy atom. The number of hydrogen-bond donors (Lipinski definition) is 2. The largest absolute Gasteiger partial charge is 0.438 e. The monoisotopic (exact) mass is 568 g/mol. The molecule has 0 bridgehead atoms. The summed E-state index contributed by atoms with van der Waals surface area (Å²) in [6.07, 6.45) is 7.40. The molecule has 2 saturated heterocycles. The molecule has 3 heterocycles. The van der Waals surface area contributed by atoms with Crippen molar-refractivity contribution in [3.8, 4) is 11.6 Å². The molecule has 2 fully saturated rings. The molecule has 0 unspecified atom stereocenters. The van der Waals surface area contributed by atoms with Gasteiger partial charge < -0.3 is 20.3 Å². The van der Waals surface area contributed by atoms with Crippen LogP contribution in [0.25, 0.3) is 10.8 Å². The molecule has 4 aromatic rings. The highest BCUT2D eigenvalue weighted by Crippen LogP contribution is 2.34. The zero-order valence-corrected chi connectivity index (χ0v) is 24.0. The summed E-state index contributed by atoms with van der Waals surface area (Å²) in [4.78, 5) is 26.9. The van der Waals surface area contributed by atoms with Gasteiger partial charge in [0.1, 0.15) is 11.6 Å². The molecule has 2 aliphatic heterocycles. The number of likely N-dealkylation sites (tertiary alicyclic amines) is 1. The summed E-state index contributed by atoms with van der Waals surface area (Å²) in [7, 11) is 0. The Morgan fingerprint density at radius 3 is 2.67 bits per heavy atom. The minimum atomic E-state index is -0.415. The number of aromatic nitrogens is 2. The summed E-state index contributed by atoms with van der Waals surface area (Å²) in [6.45, 7) is 6.91. The fourth-order valence-corrected chi connectivity index (χ4v) is 6.05. The Kier molecular flexibility index (Phi) is 8.46. The zero-order valence-electron chi connectivity index (χ0n) is 24.0. The number of benzene rings is 3. The molecular formula is C33H37FN6O2. The molecule has 2 N–H and O–H groups in total. The summed E-state index contributed by atoms with van der Waals surface area (Å²) in [5.74, 6) is 0.795. The number of hydrogen-bond acceptors (Lipinski definition) is 7. The third kappa shape index (κ3) is 6.31. The summed E-state index contributed by atoms with van der Waals surface area (Å²) in [5.41, 5.74) is 1.66. The van der Waals surface area contributed by atoms with Gasteiger partial charge in [0.05, 0.1) is 0 Å². The lowest BCUT2D eigenvalue weighted by molar-refractivity contribution is 0.102. The molecule has 3 aromatic carbocycles. The first kappa shape index (κ1) is 27.9. The van der Waals surface area contributed by atoms with E-state index < -0.39 is 5.82 Å². The number of halogens is 1. The number of amides is 1. The number of nitrogens with zero attached hydrogens (tertiary/aromatic N) is 4. The number of carbonyl (C=O) groups excluding carboxylic acids is 1. The van der Waals surface area contributed by atoms with Crippen LogP contribution < -0.4 is 20.3 Å². The first-order valence-corrected chi connectivity index (χ1v) is 14.9. The van der Waals surface area contributed by atoms with Crippen molar-refractivity contribution in [1.82, 2.24) is 14.9 Å². The molecule has 8 nitrogen and oxygen atoms in total. The van der Waals surface area contributed by atoms with E-state index in [4.69, 9.17) is 4.74 Å². The lowest BCUT2D eigenvalue weighted by Gasteiger charge is -2.29. The molecule has 0 spiro atoms. The van der Waals surface area contributed by atoms with E-state index in [1.807, 2.05) is 30.3 Å². The minimum Gasteiger partial charge on any atom is -0.438 e. The molecule has 0 saturated carbocycles. The topological polar surface area (TPSA) is 82.6 Å². The number of carbonyl (C=O) groups is 1. The van der Waals surface area contributed by atoms with Crippen molar-refractivity contribution in [2.75, 3.05) is 48.3 Å². The first-order valence-electron chi connectivity index (χ1n) is 14.9. The average molecular weight is 569 g/mol. The molecule has 2 aliphatic rings. The highest BCUT2D eigenvalue weighted by atomic mass is 19.1. The van der Waals surface area contributed by atoms with Crippen molar-refractivity contribution < 1.29 is 13.9 Å². The fourth-order valence-electron chi connectivity index (χ4n) is 6.05. The van der Waals surface area contributed by atoms with Gasteiger partial charge in [0, 0.05) is 65.6 Å². The zero-order chi connectivity index (χ0) is 28.9. The van der Waals surface area contributed by atoms with Crippen molar-refractivity contribution in [3.63, 3.8) is 0 Å². The Morgan fingerprint density at radius 1 is 1.00 bits per heavy atom. The van der Waals surface area contributed by atoms with Crippen LogP contribution in [0.1, 0.15) is 49.4 Å². The summed E-state index contributed by atoms with van der Waals surface area (Å²) in [5, 5.41) is 7.99. The van der Waals surface area contributed by atoms with Gasteiger partial charge >= 0.3 is 0 Å². The maximum absolute atomic E-state index is 14.5. The third-order valence-corrected chi connectivity index (χ3v) is 8.24. The van der Waals surface area contributed by atoms with Gasteiger partial charge in [0.2, 0.25) is 11.8 Å². The maximum Gasteiger partial charge on any atom is 0.255 e.